The van der Waals surface area contributed by atoms with Crippen molar-refractivity contribution in [3.05, 3.63) is 68.4 Å². The summed E-state index contributed by atoms with van der Waals surface area (Å²) in [5.41, 5.74) is 0.220. The quantitative estimate of drug-likeness (QED) is 0.472. The number of methoxy groups -OCH3 is 1. The van der Waals surface area contributed by atoms with Crippen LogP contribution >= 0.6 is 0 Å². The minimum Gasteiger partial charge on any atom is -0.465 e. The number of carbonyl (C=O) groups is 1. The second-order valence-electron chi connectivity index (χ2n) is 4.14. The highest BCUT2D eigenvalue weighted by molar-refractivity contribution is 5.88. The Hall–Kier alpha value is -3.03. The average molecular weight is 289 g/mol. The lowest BCUT2D eigenvalue weighted by atomic mass is 10.2. The van der Waals surface area contributed by atoms with Crippen LogP contribution in [0.2, 0.25) is 0 Å². The molecule has 0 aliphatic carbocycles. The van der Waals surface area contributed by atoms with Gasteiger partial charge >= 0.3 is 5.97 Å². The minimum atomic E-state index is -0.580. The van der Waals surface area contributed by atoms with Gasteiger partial charge in [0.15, 0.2) is 0 Å². The van der Waals surface area contributed by atoms with Gasteiger partial charge in [-0.25, -0.2) is 4.79 Å². The summed E-state index contributed by atoms with van der Waals surface area (Å²) in [6, 6.07) is 5.33. The molecule has 0 unspecified atom stereocenters. The number of pyridine rings is 2. The molecule has 0 fully saturated rings. The molecule has 2 aromatic heterocycles. The van der Waals surface area contributed by atoms with Gasteiger partial charge in [0.2, 0.25) is 0 Å². The van der Waals surface area contributed by atoms with Crippen LogP contribution in [0.3, 0.4) is 0 Å². The van der Waals surface area contributed by atoms with Gasteiger partial charge in [0.1, 0.15) is 0 Å². The largest absolute Gasteiger partial charge is 0.465 e. The van der Waals surface area contributed by atoms with Crippen molar-refractivity contribution >= 4 is 11.7 Å². The second kappa shape index (κ2) is 5.95. The summed E-state index contributed by atoms with van der Waals surface area (Å²) < 4.78 is 5.73. The van der Waals surface area contributed by atoms with Gasteiger partial charge in [-0.1, -0.05) is 0 Å². The SMILES string of the molecule is COC(=O)c1ccc(Cn2cc([N+](=O)[O-])ccc2=O)nc1. The first kappa shape index (κ1) is 14.4. The van der Waals surface area contributed by atoms with E-state index >= 15 is 0 Å². The van der Waals surface area contributed by atoms with E-state index in [2.05, 4.69) is 9.72 Å². The van der Waals surface area contributed by atoms with Crippen molar-refractivity contribution < 1.29 is 14.5 Å². The molecule has 8 heteroatoms. The number of nitrogens with zero attached hydrogens (tertiary/aromatic N) is 3. The Morgan fingerprint density at radius 2 is 2.14 bits per heavy atom. The third-order valence-electron chi connectivity index (χ3n) is 2.76. The van der Waals surface area contributed by atoms with E-state index in [1.807, 2.05) is 0 Å². The van der Waals surface area contributed by atoms with Crippen molar-refractivity contribution in [3.8, 4) is 0 Å². The number of hydrogen-bond donors (Lipinski definition) is 0. The van der Waals surface area contributed by atoms with Crippen molar-refractivity contribution in [1.82, 2.24) is 9.55 Å². The smallest absolute Gasteiger partial charge is 0.339 e. The Balaban J connectivity index is 2.26. The van der Waals surface area contributed by atoms with Crippen molar-refractivity contribution in [2.24, 2.45) is 0 Å². The van der Waals surface area contributed by atoms with Gasteiger partial charge in [0.05, 0.1) is 36.0 Å². The van der Waals surface area contributed by atoms with E-state index in [1.165, 1.54) is 23.9 Å². The Morgan fingerprint density at radius 1 is 1.38 bits per heavy atom. The van der Waals surface area contributed by atoms with Crippen LogP contribution in [0, 0.1) is 10.1 Å². The number of esters is 1. The molecule has 8 nitrogen and oxygen atoms in total. The molecule has 2 aromatic rings. The van der Waals surface area contributed by atoms with E-state index in [9.17, 15) is 19.7 Å². The van der Waals surface area contributed by atoms with Gasteiger partial charge in [-0.2, -0.15) is 0 Å². The van der Waals surface area contributed by atoms with Gasteiger partial charge < -0.3 is 9.30 Å². The topological polar surface area (TPSA) is 104 Å². The highest BCUT2D eigenvalue weighted by atomic mass is 16.6. The minimum absolute atomic E-state index is 0.0714. The zero-order valence-corrected chi connectivity index (χ0v) is 11.1. The summed E-state index contributed by atoms with van der Waals surface area (Å²) in [4.78, 5) is 37.1. The molecule has 0 spiro atoms. The van der Waals surface area contributed by atoms with Gasteiger partial charge in [0, 0.05) is 18.3 Å². The van der Waals surface area contributed by atoms with Crippen molar-refractivity contribution in [2.45, 2.75) is 6.54 Å². The molecule has 0 atom stereocenters. The van der Waals surface area contributed by atoms with Crippen LogP contribution in [-0.2, 0) is 11.3 Å². The maximum Gasteiger partial charge on any atom is 0.339 e. The summed E-state index contributed by atoms with van der Waals surface area (Å²) in [5, 5.41) is 10.7. The molecule has 108 valence electrons. The highest BCUT2D eigenvalue weighted by Gasteiger charge is 2.09. The van der Waals surface area contributed by atoms with Crippen molar-refractivity contribution in [2.75, 3.05) is 7.11 Å². The molecular weight excluding hydrogens is 278 g/mol. The zero-order valence-electron chi connectivity index (χ0n) is 11.1. The van der Waals surface area contributed by atoms with Crippen LogP contribution in [0.15, 0.2) is 41.5 Å². The molecule has 0 bridgehead atoms. The monoisotopic (exact) mass is 289 g/mol. The van der Waals surface area contributed by atoms with Crippen LogP contribution < -0.4 is 5.56 Å². The first-order chi connectivity index (χ1) is 10.0. The first-order valence-electron chi connectivity index (χ1n) is 5.89. The summed E-state index contributed by atoms with van der Waals surface area (Å²) in [5.74, 6) is -0.512. The predicted octanol–water partition coefficient (Wildman–Crippen LogP) is 0.986. The molecule has 0 radical (unpaired) electrons. The Morgan fingerprint density at radius 3 is 2.71 bits per heavy atom. The number of hydrogen-bond acceptors (Lipinski definition) is 6. The fourth-order valence-corrected chi connectivity index (χ4v) is 1.68. The molecule has 0 amide bonds. The van der Waals surface area contributed by atoms with Gasteiger partial charge in [-0.15, -0.1) is 0 Å². The molecule has 2 rings (SSSR count). The van der Waals surface area contributed by atoms with Crippen LogP contribution in [0.1, 0.15) is 16.1 Å². The molecule has 0 aliphatic heterocycles. The molecule has 0 saturated heterocycles. The third-order valence-corrected chi connectivity index (χ3v) is 2.76. The molecule has 2 heterocycles. The van der Waals surface area contributed by atoms with Crippen LogP contribution in [0.5, 0.6) is 0 Å². The summed E-state index contributed by atoms with van der Waals surface area (Å²) >= 11 is 0. The number of carbonyl (C=O) groups excluding carboxylic acids is 1. The molecule has 0 N–H and O–H groups in total. The number of aromatic nitrogens is 2. The summed E-state index contributed by atoms with van der Waals surface area (Å²) in [6.07, 6.45) is 2.47. The molecule has 21 heavy (non-hydrogen) atoms. The lowest BCUT2D eigenvalue weighted by Crippen LogP contribution is -2.20. The standard InChI is InChI=1S/C13H11N3O5/c1-21-13(18)9-2-3-10(14-6-9)7-15-8-11(16(19)20)4-5-12(15)17/h2-6,8H,7H2,1H3. The van der Waals surface area contributed by atoms with E-state index in [0.29, 0.717) is 5.69 Å². The Labute approximate surface area is 118 Å². The van der Waals surface area contributed by atoms with Gasteiger partial charge in [-0.3, -0.25) is 19.9 Å². The maximum absolute atomic E-state index is 11.7. The van der Waals surface area contributed by atoms with E-state index in [0.717, 1.165) is 18.3 Å². The van der Waals surface area contributed by atoms with E-state index in [1.54, 1.807) is 6.07 Å². The van der Waals surface area contributed by atoms with Crippen LogP contribution in [0.4, 0.5) is 5.69 Å². The van der Waals surface area contributed by atoms with E-state index in [-0.39, 0.29) is 23.4 Å². The highest BCUT2D eigenvalue weighted by Crippen LogP contribution is 2.08. The predicted molar refractivity (Wildman–Crippen MR) is 72.0 cm³/mol. The molecule has 0 saturated carbocycles. The molecular formula is C13H11N3O5. The third kappa shape index (κ3) is 3.30. The van der Waals surface area contributed by atoms with Crippen LogP contribution in [0.25, 0.3) is 0 Å². The van der Waals surface area contributed by atoms with Gasteiger partial charge in [-0.05, 0) is 12.1 Å². The van der Waals surface area contributed by atoms with E-state index in [4.69, 9.17) is 0 Å². The number of nitro groups is 1. The van der Waals surface area contributed by atoms with Crippen molar-refractivity contribution in [3.63, 3.8) is 0 Å². The van der Waals surface area contributed by atoms with E-state index < -0.39 is 10.9 Å². The van der Waals surface area contributed by atoms with Crippen molar-refractivity contribution in [1.29, 1.82) is 0 Å². The van der Waals surface area contributed by atoms with Gasteiger partial charge in [0.25, 0.3) is 11.2 Å². The molecule has 0 aromatic carbocycles. The fourth-order valence-electron chi connectivity index (χ4n) is 1.68. The lowest BCUT2D eigenvalue weighted by Gasteiger charge is -2.05. The summed E-state index contributed by atoms with van der Waals surface area (Å²) in [7, 11) is 1.26. The normalized spacial score (nSPS) is 10.1. The summed E-state index contributed by atoms with van der Waals surface area (Å²) in [6.45, 7) is 0.0714. The second-order valence-corrected chi connectivity index (χ2v) is 4.14. The number of ether oxygens (including phenoxy) is 1. The lowest BCUT2D eigenvalue weighted by molar-refractivity contribution is -0.385. The average Bonchev–Trinajstić information content (AvgIpc) is 2.49. The maximum atomic E-state index is 11.7. The molecule has 0 aliphatic rings. The first-order valence-corrected chi connectivity index (χ1v) is 5.89. The Kier molecular flexibility index (Phi) is 4.07. The van der Waals surface area contributed by atoms with Crippen LogP contribution in [-0.4, -0.2) is 27.6 Å². The fraction of sp³-hybridized carbons (Fsp3) is 0.154. The Bertz CT molecular complexity index is 736. The number of rotatable bonds is 4. The zero-order chi connectivity index (χ0) is 15.4.